The molecule has 1 unspecified atom stereocenters. The number of benzene rings is 1. The van der Waals surface area contributed by atoms with Gasteiger partial charge in [0.25, 0.3) is 0 Å². The lowest BCUT2D eigenvalue weighted by molar-refractivity contribution is 0.174. The van der Waals surface area contributed by atoms with Gasteiger partial charge >= 0.3 is 0 Å². The molecule has 1 aromatic rings. The largest absolute Gasteiger partial charge is 0.310 e. The maximum Gasteiger partial charge on any atom is 0.127 e. The Morgan fingerprint density at radius 2 is 1.95 bits per heavy atom. The Balaban J connectivity index is 1.88. The zero-order valence-corrected chi connectivity index (χ0v) is 13.4. The highest BCUT2D eigenvalue weighted by atomic mass is 19.1. The van der Waals surface area contributed by atoms with Crippen molar-refractivity contribution in [2.75, 3.05) is 26.2 Å². The van der Waals surface area contributed by atoms with Crippen molar-refractivity contribution in [1.82, 2.24) is 10.2 Å². The fourth-order valence-corrected chi connectivity index (χ4v) is 3.30. The van der Waals surface area contributed by atoms with Crippen molar-refractivity contribution in [3.05, 3.63) is 35.6 Å². The minimum atomic E-state index is -0.0897. The van der Waals surface area contributed by atoms with Crippen LogP contribution in [0.4, 0.5) is 4.39 Å². The lowest BCUT2D eigenvalue weighted by Crippen LogP contribution is -2.36. The predicted octanol–water partition coefficient (Wildman–Crippen LogP) is 3.99. The molecule has 0 amide bonds. The second-order valence-corrected chi connectivity index (χ2v) is 6.11. The number of nitrogens with one attached hydrogen (secondary N) is 1. The van der Waals surface area contributed by atoms with Crippen LogP contribution in [-0.4, -0.2) is 31.1 Å². The van der Waals surface area contributed by atoms with E-state index < -0.39 is 0 Å². The van der Waals surface area contributed by atoms with E-state index in [1.165, 1.54) is 32.4 Å². The molecule has 21 heavy (non-hydrogen) atoms. The van der Waals surface area contributed by atoms with E-state index in [1.807, 2.05) is 12.1 Å². The molecule has 0 spiro atoms. The van der Waals surface area contributed by atoms with Crippen LogP contribution in [0.2, 0.25) is 0 Å². The van der Waals surface area contributed by atoms with E-state index in [-0.39, 0.29) is 11.9 Å². The maximum atomic E-state index is 14.0. The summed E-state index contributed by atoms with van der Waals surface area (Å²) < 4.78 is 14.0. The average molecular weight is 292 g/mol. The molecule has 118 valence electrons. The number of hydrogen-bond acceptors (Lipinski definition) is 2. The molecule has 1 saturated heterocycles. The van der Waals surface area contributed by atoms with E-state index in [0.29, 0.717) is 0 Å². The summed E-state index contributed by atoms with van der Waals surface area (Å²) in [5.41, 5.74) is 0.808. The molecule has 0 aromatic heterocycles. The Morgan fingerprint density at radius 3 is 2.57 bits per heavy atom. The molecule has 0 saturated carbocycles. The van der Waals surface area contributed by atoms with Crippen molar-refractivity contribution in [1.29, 1.82) is 0 Å². The third-order valence-electron chi connectivity index (χ3n) is 4.75. The molecule has 0 aliphatic carbocycles. The van der Waals surface area contributed by atoms with Crippen LogP contribution in [-0.2, 0) is 0 Å². The molecule has 2 nitrogen and oxygen atoms in total. The first-order chi connectivity index (χ1) is 10.2. The highest BCUT2D eigenvalue weighted by Crippen LogP contribution is 2.23. The van der Waals surface area contributed by atoms with Gasteiger partial charge < -0.3 is 10.2 Å². The van der Waals surface area contributed by atoms with E-state index in [9.17, 15) is 4.39 Å². The summed E-state index contributed by atoms with van der Waals surface area (Å²) in [6.45, 7) is 8.71. The molecule has 1 N–H and O–H groups in total. The summed E-state index contributed by atoms with van der Waals surface area (Å²) in [4.78, 5) is 2.54. The molecule has 1 heterocycles. The van der Waals surface area contributed by atoms with E-state index in [1.54, 1.807) is 12.1 Å². The zero-order valence-electron chi connectivity index (χ0n) is 13.4. The number of nitrogens with zero attached hydrogens (tertiary/aromatic N) is 1. The van der Waals surface area contributed by atoms with Crippen molar-refractivity contribution in [3.63, 3.8) is 0 Å². The van der Waals surface area contributed by atoms with Crippen LogP contribution in [0.1, 0.15) is 51.1 Å². The topological polar surface area (TPSA) is 15.3 Å². The van der Waals surface area contributed by atoms with Crippen molar-refractivity contribution in [3.8, 4) is 0 Å². The summed E-state index contributed by atoms with van der Waals surface area (Å²) in [7, 11) is 0. The first-order valence-electron chi connectivity index (χ1n) is 8.44. The third-order valence-corrected chi connectivity index (χ3v) is 4.75. The average Bonchev–Trinajstić information content (AvgIpc) is 2.53. The third kappa shape index (κ3) is 4.79. The quantitative estimate of drug-likeness (QED) is 0.817. The van der Waals surface area contributed by atoms with E-state index >= 15 is 0 Å². The maximum absolute atomic E-state index is 14.0. The van der Waals surface area contributed by atoms with Crippen LogP contribution in [0.5, 0.6) is 0 Å². The van der Waals surface area contributed by atoms with E-state index in [4.69, 9.17) is 0 Å². The van der Waals surface area contributed by atoms with Crippen molar-refractivity contribution in [2.24, 2.45) is 5.92 Å². The van der Waals surface area contributed by atoms with Crippen LogP contribution in [0.15, 0.2) is 24.3 Å². The second-order valence-electron chi connectivity index (χ2n) is 6.11. The Kier molecular flexibility index (Phi) is 6.65. The van der Waals surface area contributed by atoms with Crippen LogP contribution in [0.3, 0.4) is 0 Å². The number of piperidine rings is 1. The Labute approximate surface area is 128 Å². The van der Waals surface area contributed by atoms with Gasteiger partial charge in [-0.3, -0.25) is 0 Å². The molecule has 1 atom stereocenters. The Morgan fingerprint density at radius 1 is 1.24 bits per heavy atom. The van der Waals surface area contributed by atoms with Gasteiger partial charge in [0.15, 0.2) is 0 Å². The first kappa shape index (κ1) is 16.4. The lowest BCUT2D eigenvalue weighted by atomic mass is 9.94. The summed E-state index contributed by atoms with van der Waals surface area (Å²) in [6, 6.07) is 7.28. The smallest absolute Gasteiger partial charge is 0.127 e. The van der Waals surface area contributed by atoms with Gasteiger partial charge in [0, 0.05) is 11.6 Å². The second kappa shape index (κ2) is 8.50. The van der Waals surface area contributed by atoms with Gasteiger partial charge in [-0.15, -0.1) is 0 Å². The number of likely N-dealkylation sites (tertiary alicyclic amines) is 1. The highest BCUT2D eigenvalue weighted by Gasteiger charge is 2.20. The first-order valence-corrected chi connectivity index (χ1v) is 8.44. The fourth-order valence-electron chi connectivity index (χ4n) is 3.30. The molecule has 0 bridgehead atoms. The summed E-state index contributed by atoms with van der Waals surface area (Å²) in [5.74, 6) is 0.825. The van der Waals surface area contributed by atoms with Crippen LogP contribution >= 0.6 is 0 Å². The van der Waals surface area contributed by atoms with Gasteiger partial charge in [0.1, 0.15) is 5.82 Å². The lowest BCUT2D eigenvalue weighted by Gasteiger charge is -2.32. The van der Waals surface area contributed by atoms with Crippen molar-refractivity contribution >= 4 is 0 Å². The molecular weight excluding hydrogens is 263 g/mol. The standard InChI is InChI=1S/C18H29FN2/c1-3-15-9-12-21(13-10-15)14-11-18(20-4-2)16-7-5-6-8-17(16)19/h5-8,15,18,20H,3-4,9-14H2,1-2H3. The number of halogens is 1. The molecule has 1 aromatic carbocycles. The molecule has 3 heteroatoms. The van der Waals surface area contributed by atoms with Crippen LogP contribution in [0.25, 0.3) is 0 Å². The van der Waals surface area contributed by atoms with E-state index in [0.717, 1.165) is 31.0 Å². The van der Waals surface area contributed by atoms with Gasteiger partial charge in [0.2, 0.25) is 0 Å². The molecule has 0 radical (unpaired) electrons. The summed E-state index contributed by atoms with van der Waals surface area (Å²) in [6.07, 6.45) is 4.93. The van der Waals surface area contributed by atoms with Crippen LogP contribution < -0.4 is 5.32 Å². The Bertz CT molecular complexity index is 413. The fraction of sp³-hybridized carbons (Fsp3) is 0.667. The number of hydrogen-bond donors (Lipinski definition) is 1. The van der Waals surface area contributed by atoms with Gasteiger partial charge in [-0.25, -0.2) is 4.39 Å². The van der Waals surface area contributed by atoms with Crippen molar-refractivity contribution in [2.45, 2.75) is 45.6 Å². The predicted molar refractivity (Wildman–Crippen MR) is 86.9 cm³/mol. The van der Waals surface area contributed by atoms with Gasteiger partial charge in [-0.05, 0) is 57.4 Å². The van der Waals surface area contributed by atoms with Crippen LogP contribution in [0, 0.1) is 11.7 Å². The SMILES string of the molecule is CCNC(CCN1CCC(CC)CC1)c1ccccc1F. The zero-order chi connectivity index (χ0) is 15.1. The normalized spacial score (nSPS) is 18.8. The minimum absolute atomic E-state index is 0.0897. The number of rotatable bonds is 7. The van der Waals surface area contributed by atoms with Gasteiger partial charge in [0.05, 0.1) is 0 Å². The molecular formula is C18H29FN2. The minimum Gasteiger partial charge on any atom is -0.310 e. The molecule has 2 rings (SSSR count). The van der Waals surface area contributed by atoms with Gasteiger partial charge in [-0.1, -0.05) is 38.5 Å². The summed E-state index contributed by atoms with van der Waals surface area (Å²) in [5, 5.41) is 3.43. The molecule has 1 fully saturated rings. The van der Waals surface area contributed by atoms with Crippen molar-refractivity contribution < 1.29 is 4.39 Å². The van der Waals surface area contributed by atoms with E-state index in [2.05, 4.69) is 24.1 Å². The molecule has 1 aliphatic rings. The Hall–Kier alpha value is -0.930. The van der Waals surface area contributed by atoms with Gasteiger partial charge in [-0.2, -0.15) is 0 Å². The summed E-state index contributed by atoms with van der Waals surface area (Å²) >= 11 is 0. The highest BCUT2D eigenvalue weighted by molar-refractivity contribution is 5.21. The monoisotopic (exact) mass is 292 g/mol. The molecule has 1 aliphatic heterocycles.